The summed E-state index contributed by atoms with van der Waals surface area (Å²) < 4.78 is 38.1. The van der Waals surface area contributed by atoms with Crippen molar-refractivity contribution in [2.24, 2.45) is 0 Å². The molecule has 32 heavy (non-hydrogen) atoms. The monoisotopic (exact) mass is 451 g/mol. The lowest BCUT2D eigenvalue weighted by molar-refractivity contribution is -0.113. The molecule has 7 heteroatoms. The molecule has 0 bridgehead atoms. The van der Waals surface area contributed by atoms with E-state index < -0.39 is 15.9 Å². The predicted molar refractivity (Wildman–Crippen MR) is 125 cm³/mol. The molecule has 0 N–H and O–H groups in total. The van der Waals surface area contributed by atoms with Gasteiger partial charge in [0.25, 0.3) is 15.9 Å². The molecule has 0 aliphatic carbocycles. The van der Waals surface area contributed by atoms with Crippen LogP contribution in [-0.4, -0.2) is 28.0 Å². The third-order valence-corrected chi connectivity index (χ3v) is 6.30. The van der Waals surface area contributed by atoms with E-state index in [1.54, 1.807) is 48.5 Å². The van der Waals surface area contributed by atoms with Gasteiger partial charge in [-0.25, -0.2) is 8.42 Å². The average Bonchev–Trinajstić information content (AvgIpc) is 2.83. The molecule has 0 aliphatic heterocycles. The van der Waals surface area contributed by atoms with Crippen molar-refractivity contribution in [2.75, 3.05) is 18.0 Å². The number of carbonyl (C=O) groups excluding carboxylic acids is 1. The predicted octanol–water partition coefficient (Wildman–Crippen LogP) is 4.92. The van der Waals surface area contributed by atoms with Crippen LogP contribution in [0.3, 0.4) is 0 Å². The number of hydrogen-bond acceptors (Lipinski definition) is 5. The number of rotatable bonds is 9. The van der Waals surface area contributed by atoms with E-state index in [2.05, 4.69) is 0 Å². The highest BCUT2D eigenvalue weighted by atomic mass is 32.2. The zero-order valence-corrected chi connectivity index (χ0v) is 18.8. The van der Waals surface area contributed by atoms with Gasteiger partial charge >= 0.3 is 0 Å². The number of anilines is 1. The number of amides is 1. The molecule has 0 saturated heterocycles. The number of ether oxygens (including phenoxy) is 2. The molecule has 3 aromatic rings. The maximum Gasteiger partial charge on any atom is 0.271 e. The van der Waals surface area contributed by atoms with E-state index in [1.807, 2.05) is 19.1 Å². The lowest BCUT2D eigenvalue weighted by Crippen LogP contribution is -2.35. The van der Waals surface area contributed by atoms with Crippen LogP contribution in [-0.2, 0) is 14.8 Å². The molecule has 3 rings (SSSR count). The third kappa shape index (κ3) is 5.56. The fraction of sp³-hybridized carbons (Fsp3) is 0.160. The molecule has 0 spiro atoms. The molecule has 6 nitrogen and oxygen atoms in total. The summed E-state index contributed by atoms with van der Waals surface area (Å²) in [4.78, 5) is 13.1. The molecule has 3 aromatic carbocycles. The lowest BCUT2D eigenvalue weighted by atomic mass is 10.2. The van der Waals surface area contributed by atoms with E-state index in [0.717, 1.165) is 22.0 Å². The van der Waals surface area contributed by atoms with Gasteiger partial charge in [-0.2, -0.15) is 4.31 Å². The van der Waals surface area contributed by atoms with Crippen molar-refractivity contribution >= 4 is 27.7 Å². The number of benzene rings is 3. The Labute approximate surface area is 188 Å². The number of carbonyl (C=O) groups is 1. The topological polar surface area (TPSA) is 72.9 Å². The highest BCUT2D eigenvalue weighted by molar-refractivity contribution is 7.93. The minimum atomic E-state index is -4.12. The van der Waals surface area contributed by atoms with Gasteiger partial charge in [0.2, 0.25) is 0 Å². The molecule has 0 atom stereocenters. The van der Waals surface area contributed by atoms with Gasteiger partial charge in [0.15, 0.2) is 0 Å². The largest absolute Gasteiger partial charge is 0.497 e. The summed E-state index contributed by atoms with van der Waals surface area (Å²) in [5.41, 5.74) is 0.960. The van der Waals surface area contributed by atoms with Crippen molar-refractivity contribution in [3.05, 3.63) is 90.5 Å². The van der Waals surface area contributed by atoms with Gasteiger partial charge in [0, 0.05) is 6.08 Å². The number of nitrogens with zero attached hydrogens (tertiary/aromatic N) is 1. The van der Waals surface area contributed by atoms with Gasteiger partial charge in [-0.15, -0.1) is 0 Å². The van der Waals surface area contributed by atoms with Crippen LogP contribution in [0.1, 0.15) is 18.9 Å². The summed E-state index contributed by atoms with van der Waals surface area (Å²) in [6.45, 7) is 2.66. The Bertz CT molecular complexity index is 1160. The number of hydrogen-bond donors (Lipinski definition) is 0. The van der Waals surface area contributed by atoms with Gasteiger partial charge in [-0.3, -0.25) is 4.79 Å². The standard InChI is InChI=1S/C25H25NO5S/c1-3-19-31-23-14-9-20(10-15-23)11-18-25(27)26(21-12-16-22(30-2)17-13-21)32(28,29)24-7-5-4-6-8-24/h4-18H,3,19H2,1-2H3/b18-11+. The van der Waals surface area contributed by atoms with Crippen molar-refractivity contribution < 1.29 is 22.7 Å². The molecule has 0 fully saturated rings. The second-order valence-corrected chi connectivity index (χ2v) is 8.66. The van der Waals surface area contributed by atoms with Gasteiger partial charge < -0.3 is 9.47 Å². The van der Waals surface area contributed by atoms with Crippen molar-refractivity contribution in [3.63, 3.8) is 0 Å². The fourth-order valence-electron chi connectivity index (χ4n) is 2.93. The highest BCUT2D eigenvalue weighted by Gasteiger charge is 2.29. The molecule has 166 valence electrons. The van der Waals surface area contributed by atoms with E-state index in [4.69, 9.17) is 9.47 Å². The first-order valence-electron chi connectivity index (χ1n) is 10.1. The van der Waals surface area contributed by atoms with Crippen LogP contribution in [0.5, 0.6) is 11.5 Å². The Balaban J connectivity index is 1.92. The van der Waals surface area contributed by atoms with E-state index in [1.165, 1.54) is 37.5 Å². The average molecular weight is 452 g/mol. The van der Waals surface area contributed by atoms with Crippen LogP contribution < -0.4 is 13.8 Å². The van der Waals surface area contributed by atoms with Gasteiger partial charge in [-0.1, -0.05) is 37.3 Å². The van der Waals surface area contributed by atoms with Gasteiger partial charge in [-0.05, 0) is 66.6 Å². The van der Waals surface area contributed by atoms with Crippen LogP contribution in [0.4, 0.5) is 5.69 Å². The van der Waals surface area contributed by atoms with Crippen LogP contribution in [0.25, 0.3) is 6.08 Å². The second-order valence-electron chi connectivity index (χ2n) is 6.87. The van der Waals surface area contributed by atoms with Gasteiger partial charge in [0.05, 0.1) is 24.3 Å². The van der Waals surface area contributed by atoms with Crippen molar-refractivity contribution in [1.29, 1.82) is 0 Å². The molecule has 0 heterocycles. The molecule has 0 saturated carbocycles. The van der Waals surface area contributed by atoms with Gasteiger partial charge in [0.1, 0.15) is 11.5 Å². The Kier molecular flexibility index (Phi) is 7.68. The minimum absolute atomic E-state index is 0.0231. The molecule has 0 aromatic heterocycles. The van der Waals surface area contributed by atoms with E-state index in [-0.39, 0.29) is 10.6 Å². The number of methoxy groups -OCH3 is 1. The smallest absolute Gasteiger partial charge is 0.271 e. The molecular weight excluding hydrogens is 426 g/mol. The van der Waals surface area contributed by atoms with E-state index in [9.17, 15) is 13.2 Å². The fourth-order valence-corrected chi connectivity index (χ4v) is 4.34. The summed E-state index contributed by atoms with van der Waals surface area (Å²) in [5.74, 6) is 0.603. The van der Waals surface area contributed by atoms with Crippen LogP contribution >= 0.6 is 0 Å². The highest BCUT2D eigenvalue weighted by Crippen LogP contribution is 2.26. The van der Waals surface area contributed by atoms with Crippen LogP contribution in [0.15, 0.2) is 89.8 Å². The zero-order chi connectivity index (χ0) is 23.0. The summed E-state index contributed by atoms with van der Waals surface area (Å²) in [6.07, 6.45) is 3.73. The zero-order valence-electron chi connectivity index (χ0n) is 18.0. The number of sulfonamides is 1. The lowest BCUT2D eigenvalue weighted by Gasteiger charge is -2.21. The summed E-state index contributed by atoms with van der Waals surface area (Å²) in [7, 11) is -2.61. The quantitative estimate of drug-likeness (QED) is 0.432. The van der Waals surface area contributed by atoms with E-state index in [0.29, 0.717) is 12.4 Å². The molecule has 0 unspecified atom stereocenters. The normalized spacial score (nSPS) is 11.3. The molecule has 0 radical (unpaired) electrons. The first-order valence-corrected chi connectivity index (χ1v) is 11.6. The Morgan fingerprint density at radius 1 is 0.906 bits per heavy atom. The third-order valence-electron chi connectivity index (χ3n) is 4.56. The van der Waals surface area contributed by atoms with Crippen molar-refractivity contribution in [2.45, 2.75) is 18.2 Å². The first kappa shape index (κ1) is 23.1. The van der Waals surface area contributed by atoms with E-state index >= 15 is 0 Å². The second kappa shape index (κ2) is 10.6. The Morgan fingerprint density at radius 2 is 1.53 bits per heavy atom. The maximum absolute atomic E-state index is 13.3. The molecule has 0 aliphatic rings. The summed E-state index contributed by atoms with van der Waals surface area (Å²) in [5, 5.41) is 0. The maximum atomic E-state index is 13.3. The summed E-state index contributed by atoms with van der Waals surface area (Å²) >= 11 is 0. The first-order chi connectivity index (χ1) is 15.5. The van der Waals surface area contributed by atoms with Crippen molar-refractivity contribution in [3.8, 4) is 11.5 Å². The molecular formula is C25H25NO5S. The Hall–Kier alpha value is -3.58. The van der Waals surface area contributed by atoms with Crippen LogP contribution in [0.2, 0.25) is 0 Å². The Morgan fingerprint density at radius 3 is 2.12 bits per heavy atom. The van der Waals surface area contributed by atoms with Crippen LogP contribution in [0, 0.1) is 0 Å². The van der Waals surface area contributed by atoms with Crippen molar-refractivity contribution in [1.82, 2.24) is 0 Å². The SMILES string of the molecule is CCCOc1ccc(/C=C/C(=O)N(c2ccc(OC)cc2)S(=O)(=O)c2ccccc2)cc1. The molecule has 1 amide bonds. The summed E-state index contributed by atoms with van der Waals surface area (Å²) in [6, 6.07) is 21.4. The minimum Gasteiger partial charge on any atom is -0.497 e.